The van der Waals surface area contributed by atoms with E-state index in [2.05, 4.69) is 4.98 Å². The summed E-state index contributed by atoms with van der Waals surface area (Å²) in [5, 5.41) is 11.3. The average molecular weight is 213 g/mol. The van der Waals surface area contributed by atoms with Crippen LogP contribution >= 0.6 is 0 Å². The van der Waals surface area contributed by atoms with Crippen LogP contribution in [0.5, 0.6) is 0 Å². The minimum atomic E-state index is -0.754. The lowest BCUT2D eigenvalue weighted by Crippen LogP contribution is -2.20. The van der Waals surface area contributed by atoms with Gasteiger partial charge in [-0.2, -0.15) is 0 Å². The molecule has 0 saturated heterocycles. The van der Waals surface area contributed by atoms with E-state index in [1.807, 2.05) is 30.3 Å². The fraction of sp³-hybridized carbons (Fsp3) is 0.231. The predicted molar refractivity (Wildman–Crippen MR) is 60.3 cm³/mol. The summed E-state index contributed by atoms with van der Waals surface area (Å²) in [5.41, 5.74) is -0.0111. The van der Waals surface area contributed by atoms with Crippen molar-refractivity contribution < 1.29 is 9.90 Å². The van der Waals surface area contributed by atoms with Gasteiger partial charge < -0.3 is 5.11 Å². The van der Waals surface area contributed by atoms with Gasteiger partial charge in [-0.05, 0) is 24.3 Å². The minimum absolute atomic E-state index is 0.693. The lowest BCUT2D eigenvalue weighted by molar-refractivity contribution is -0.140. The molecule has 0 spiro atoms. The van der Waals surface area contributed by atoms with Gasteiger partial charge in [0.2, 0.25) is 0 Å². The van der Waals surface area contributed by atoms with Gasteiger partial charge >= 0.3 is 5.97 Å². The molecule has 3 rings (SSSR count). The molecule has 1 aromatic carbocycles. The molecule has 1 saturated carbocycles. The van der Waals surface area contributed by atoms with Crippen LogP contribution in [0.2, 0.25) is 0 Å². The van der Waals surface area contributed by atoms with Crippen molar-refractivity contribution in [2.24, 2.45) is 0 Å². The second-order valence-electron chi connectivity index (χ2n) is 4.30. The highest BCUT2D eigenvalue weighted by Crippen LogP contribution is 2.47. The van der Waals surface area contributed by atoms with E-state index >= 15 is 0 Å². The van der Waals surface area contributed by atoms with Crippen molar-refractivity contribution in [2.75, 3.05) is 0 Å². The average Bonchev–Trinajstić information content (AvgIpc) is 3.09. The lowest BCUT2D eigenvalue weighted by Gasteiger charge is -2.09. The Balaban J connectivity index is 2.16. The van der Waals surface area contributed by atoms with Crippen LogP contribution in [0.4, 0.5) is 0 Å². The Morgan fingerprint density at radius 2 is 1.94 bits per heavy atom. The summed E-state index contributed by atoms with van der Waals surface area (Å²) in [6.45, 7) is 0. The zero-order chi connectivity index (χ0) is 11.2. The SMILES string of the molecule is O=C(O)C1(c2cc3ccccc3cn2)CC1. The van der Waals surface area contributed by atoms with Crippen molar-refractivity contribution in [1.29, 1.82) is 0 Å². The Morgan fingerprint density at radius 3 is 2.56 bits per heavy atom. The van der Waals surface area contributed by atoms with Gasteiger partial charge in [0, 0.05) is 11.6 Å². The van der Waals surface area contributed by atoms with E-state index < -0.39 is 11.4 Å². The largest absolute Gasteiger partial charge is 0.481 e. The third kappa shape index (κ3) is 1.21. The van der Waals surface area contributed by atoms with Crippen LogP contribution < -0.4 is 0 Å². The molecule has 0 radical (unpaired) electrons. The minimum Gasteiger partial charge on any atom is -0.481 e. The number of benzene rings is 1. The Labute approximate surface area is 92.7 Å². The molecule has 16 heavy (non-hydrogen) atoms. The van der Waals surface area contributed by atoms with Crippen molar-refractivity contribution in [3.05, 3.63) is 42.2 Å². The highest BCUT2D eigenvalue weighted by Gasteiger charge is 2.53. The van der Waals surface area contributed by atoms with E-state index in [-0.39, 0.29) is 0 Å². The molecule has 80 valence electrons. The third-order valence-corrected chi connectivity index (χ3v) is 3.28. The number of aliphatic carboxylic acids is 1. The maximum Gasteiger partial charge on any atom is 0.315 e. The Kier molecular flexibility index (Phi) is 1.78. The molecule has 1 N–H and O–H groups in total. The van der Waals surface area contributed by atoms with Gasteiger partial charge in [-0.25, -0.2) is 0 Å². The van der Waals surface area contributed by atoms with Gasteiger partial charge in [0.15, 0.2) is 0 Å². The van der Waals surface area contributed by atoms with Gasteiger partial charge in [0.1, 0.15) is 5.41 Å². The van der Waals surface area contributed by atoms with Gasteiger partial charge in [0.05, 0.1) is 5.69 Å². The summed E-state index contributed by atoms with van der Waals surface area (Å²) in [4.78, 5) is 15.5. The van der Waals surface area contributed by atoms with Crippen LogP contribution in [0, 0.1) is 0 Å². The van der Waals surface area contributed by atoms with Crippen molar-refractivity contribution in [3.63, 3.8) is 0 Å². The topological polar surface area (TPSA) is 50.2 Å². The molecule has 1 aliphatic rings. The molecular formula is C13H11NO2. The van der Waals surface area contributed by atoms with Crippen LogP contribution in [0.3, 0.4) is 0 Å². The van der Waals surface area contributed by atoms with E-state index in [4.69, 9.17) is 0 Å². The zero-order valence-electron chi connectivity index (χ0n) is 8.68. The number of hydrogen-bond donors (Lipinski definition) is 1. The standard InChI is InChI=1S/C13H11NO2/c15-12(16)13(5-6-13)11-7-9-3-1-2-4-10(9)8-14-11/h1-4,7-8H,5-6H2,(H,15,16). The number of carboxylic acid groups (broad SMARTS) is 1. The summed E-state index contributed by atoms with van der Waals surface area (Å²) in [5.74, 6) is -0.754. The number of rotatable bonds is 2. The number of carbonyl (C=O) groups is 1. The second-order valence-corrected chi connectivity index (χ2v) is 4.30. The third-order valence-electron chi connectivity index (χ3n) is 3.28. The van der Waals surface area contributed by atoms with Gasteiger partial charge in [-0.1, -0.05) is 24.3 Å². The molecule has 0 amide bonds. The van der Waals surface area contributed by atoms with Crippen molar-refractivity contribution in [1.82, 2.24) is 4.98 Å². The van der Waals surface area contributed by atoms with Crippen LogP contribution in [0.25, 0.3) is 10.8 Å². The van der Waals surface area contributed by atoms with Gasteiger partial charge in [-0.3, -0.25) is 9.78 Å². The van der Waals surface area contributed by atoms with E-state index in [0.29, 0.717) is 18.5 Å². The molecule has 1 aliphatic carbocycles. The van der Waals surface area contributed by atoms with E-state index in [0.717, 1.165) is 10.8 Å². The van der Waals surface area contributed by atoms with Crippen molar-refractivity contribution >= 4 is 16.7 Å². The summed E-state index contributed by atoms with van der Waals surface area (Å²) in [6, 6.07) is 9.77. The molecule has 1 aromatic heterocycles. The maximum atomic E-state index is 11.2. The summed E-state index contributed by atoms with van der Waals surface area (Å²) < 4.78 is 0. The molecule has 0 unspecified atom stereocenters. The molecule has 2 aromatic rings. The number of aromatic nitrogens is 1. The first-order chi connectivity index (χ1) is 7.72. The molecule has 1 fully saturated rings. The zero-order valence-corrected chi connectivity index (χ0v) is 8.68. The Morgan fingerprint density at radius 1 is 1.25 bits per heavy atom. The van der Waals surface area contributed by atoms with E-state index in [1.54, 1.807) is 6.20 Å². The lowest BCUT2D eigenvalue weighted by atomic mass is 10.00. The Bertz CT molecular complexity index is 573. The molecule has 3 heteroatoms. The summed E-state index contributed by atoms with van der Waals surface area (Å²) in [6.07, 6.45) is 3.16. The molecular weight excluding hydrogens is 202 g/mol. The molecule has 0 aliphatic heterocycles. The Hall–Kier alpha value is -1.90. The number of carboxylic acids is 1. The molecule has 1 heterocycles. The monoisotopic (exact) mass is 213 g/mol. The summed E-state index contributed by atoms with van der Waals surface area (Å²) >= 11 is 0. The quantitative estimate of drug-likeness (QED) is 0.833. The van der Waals surface area contributed by atoms with Crippen LogP contribution in [-0.2, 0) is 10.2 Å². The number of fused-ring (bicyclic) bond motifs is 1. The van der Waals surface area contributed by atoms with E-state index in [1.165, 1.54) is 0 Å². The second kappa shape index (κ2) is 3.04. The smallest absolute Gasteiger partial charge is 0.315 e. The molecule has 0 atom stereocenters. The predicted octanol–water partition coefficient (Wildman–Crippen LogP) is 2.35. The highest BCUT2D eigenvalue weighted by molar-refractivity contribution is 5.87. The molecule has 0 bridgehead atoms. The van der Waals surface area contributed by atoms with E-state index in [9.17, 15) is 9.90 Å². The fourth-order valence-corrected chi connectivity index (χ4v) is 2.05. The summed E-state index contributed by atoms with van der Waals surface area (Å²) in [7, 11) is 0. The first kappa shape index (κ1) is 9.33. The normalized spacial score (nSPS) is 17.2. The van der Waals surface area contributed by atoms with Gasteiger partial charge in [0.25, 0.3) is 0 Å². The van der Waals surface area contributed by atoms with Crippen molar-refractivity contribution in [2.45, 2.75) is 18.3 Å². The van der Waals surface area contributed by atoms with Crippen molar-refractivity contribution in [3.8, 4) is 0 Å². The highest BCUT2D eigenvalue weighted by atomic mass is 16.4. The first-order valence-electron chi connectivity index (χ1n) is 5.31. The van der Waals surface area contributed by atoms with Crippen LogP contribution in [0.1, 0.15) is 18.5 Å². The first-order valence-corrected chi connectivity index (χ1v) is 5.31. The van der Waals surface area contributed by atoms with Crippen LogP contribution in [-0.4, -0.2) is 16.1 Å². The maximum absolute atomic E-state index is 11.2. The number of pyridine rings is 1. The molecule has 3 nitrogen and oxygen atoms in total. The van der Waals surface area contributed by atoms with Gasteiger partial charge in [-0.15, -0.1) is 0 Å². The van der Waals surface area contributed by atoms with Crippen LogP contribution in [0.15, 0.2) is 36.5 Å². The number of nitrogens with zero attached hydrogens (tertiary/aromatic N) is 1. The number of hydrogen-bond acceptors (Lipinski definition) is 2. The fourth-order valence-electron chi connectivity index (χ4n) is 2.05.